The fraction of sp³-hybridized carbons (Fsp3) is 0.562. The van der Waals surface area contributed by atoms with Gasteiger partial charge in [-0.25, -0.2) is 4.79 Å². The molecule has 0 saturated heterocycles. The van der Waals surface area contributed by atoms with Gasteiger partial charge < -0.3 is 15.7 Å². The summed E-state index contributed by atoms with van der Waals surface area (Å²) >= 11 is 0. The van der Waals surface area contributed by atoms with Crippen LogP contribution in [0.25, 0.3) is 0 Å². The number of amides is 2. The summed E-state index contributed by atoms with van der Waals surface area (Å²) < 4.78 is 0. The summed E-state index contributed by atoms with van der Waals surface area (Å²) in [5, 5.41) is 15.0. The zero-order chi connectivity index (χ0) is 14.4. The number of benzene rings is 1. The van der Waals surface area contributed by atoms with Gasteiger partial charge in [-0.2, -0.15) is 0 Å². The molecule has 4 heteroatoms. The van der Waals surface area contributed by atoms with E-state index in [2.05, 4.69) is 29.7 Å². The molecule has 1 aromatic rings. The standard InChI is InChI=1S/C16H24N2O2/c1-2-13(14-6-4-3-5-7-14)10-17-15(20)18-11-16(12-19)8-9-16/h3-7,13,19H,2,8-12H2,1H3,(H2,17,18,20). The van der Waals surface area contributed by atoms with Gasteiger partial charge in [0.05, 0.1) is 6.61 Å². The van der Waals surface area contributed by atoms with Crippen LogP contribution in [0.15, 0.2) is 30.3 Å². The van der Waals surface area contributed by atoms with E-state index in [4.69, 9.17) is 0 Å². The quantitative estimate of drug-likeness (QED) is 0.715. The normalized spacial score (nSPS) is 17.3. The molecule has 0 heterocycles. The molecule has 1 fully saturated rings. The molecule has 4 nitrogen and oxygen atoms in total. The lowest BCUT2D eigenvalue weighted by molar-refractivity contribution is 0.203. The molecule has 2 rings (SSSR count). The lowest BCUT2D eigenvalue weighted by atomic mass is 9.97. The smallest absolute Gasteiger partial charge is 0.314 e. The Morgan fingerprint density at radius 1 is 1.30 bits per heavy atom. The van der Waals surface area contributed by atoms with Crippen LogP contribution in [0.3, 0.4) is 0 Å². The van der Waals surface area contributed by atoms with Gasteiger partial charge in [-0.15, -0.1) is 0 Å². The highest BCUT2D eigenvalue weighted by atomic mass is 16.3. The molecule has 0 bridgehead atoms. The van der Waals surface area contributed by atoms with Crippen LogP contribution in [-0.4, -0.2) is 30.8 Å². The summed E-state index contributed by atoms with van der Waals surface area (Å²) in [7, 11) is 0. The van der Waals surface area contributed by atoms with Crippen LogP contribution in [0, 0.1) is 5.41 Å². The summed E-state index contributed by atoms with van der Waals surface area (Å²) in [5.74, 6) is 0.342. The van der Waals surface area contributed by atoms with Crippen molar-refractivity contribution in [3.8, 4) is 0 Å². The Morgan fingerprint density at radius 3 is 2.55 bits per heavy atom. The van der Waals surface area contributed by atoms with Crippen LogP contribution < -0.4 is 10.6 Å². The largest absolute Gasteiger partial charge is 0.396 e. The van der Waals surface area contributed by atoms with Crippen molar-refractivity contribution in [3.63, 3.8) is 0 Å². The highest BCUT2D eigenvalue weighted by Gasteiger charge is 2.42. The first kappa shape index (κ1) is 14.9. The van der Waals surface area contributed by atoms with E-state index in [9.17, 15) is 9.90 Å². The van der Waals surface area contributed by atoms with Gasteiger partial charge in [-0.3, -0.25) is 0 Å². The van der Waals surface area contributed by atoms with Gasteiger partial charge in [0.2, 0.25) is 0 Å². The van der Waals surface area contributed by atoms with Crippen molar-refractivity contribution in [2.45, 2.75) is 32.1 Å². The van der Waals surface area contributed by atoms with Crippen molar-refractivity contribution in [2.75, 3.05) is 19.7 Å². The highest BCUT2D eigenvalue weighted by molar-refractivity contribution is 5.74. The maximum atomic E-state index is 11.8. The Kier molecular flexibility index (Phi) is 5.01. The molecule has 1 unspecified atom stereocenters. The first-order valence-electron chi connectivity index (χ1n) is 7.36. The Labute approximate surface area is 120 Å². The first-order chi connectivity index (χ1) is 9.69. The molecular formula is C16H24N2O2. The first-order valence-corrected chi connectivity index (χ1v) is 7.36. The van der Waals surface area contributed by atoms with Crippen LogP contribution in [-0.2, 0) is 0 Å². The number of hydrogen-bond acceptors (Lipinski definition) is 2. The monoisotopic (exact) mass is 276 g/mol. The maximum Gasteiger partial charge on any atom is 0.314 e. The zero-order valence-corrected chi connectivity index (χ0v) is 12.1. The van der Waals surface area contributed by atoms with Gasteiger partial charge in [0, 0.05) is 24.4 Å². The molecule has 2 amide bonds. The molecule has 110 valence electrons. The number of urea groups is 1. The van der Waals surface area contributed by atoms with Crippen LogP contribution in [0.2, 0.25) is 0 Å². The van der Waals surface area contributed by atoms with Crippen LogP contribution in [0.4, 0.5) is 4.79 Å². The number of rotatable bonds is 7. The van der Waals surface area contributed by atoms with Gasteiger partial charge in [0.25, 0.3) is 0 Å². The van der Waals surface area contributed by atoms with Crippen molar-refractivity contribution in [3.05, 3.63) is 35.9 Å². The van der Waals surface area contributed by atoms with Gasteiger partial charge >= 0.3 is 6.03 Å². The molecule has 1 aliphatic rings. The van der Waals surface area contributed by atoms with Crippen molar-refractivity contribution in [2.24, 2.45) is 5.41 Å². The van der Waals surface area contributed by atoms with E-state index in [1.54, 1.807) is 0 Å². The van der Waals surface area contributed by atoms with Crippen molar-refractivity contribution < 1.29 is 9.90 Å². The molecule has 3 N–H and O–H groups in total. The highest BCUT2D eigenvalue weighted by Crippen LogP contribution is 2.44. The summed E-state index contributed by atoms with van der Waals surface area (Å²) in [6.45, 7) is 3.49. The van der Waals surface area contributed by atoms with Crippen molar-refractivity contribution >= 4 is 6.03 Å². The minimum absolute atomic E-state index is 0.0407. The second-order valence-electron chi connectivity index (χ2n) is 5.74. The second kappa shape index (κ2) is 6.75. The number of nitrogens with one attached hydrogen (secondary N) is 2. The Morgan fingerprint density at radius 2 is 2.00 bits per heavy atom. The van der Waals surface area contributed by atoms with Crippen LogP contribution in [0.1, 0.15) is 37.7 Å². The minimum Gasteiger partial charge on any atom is -0.396 e. The molecule has 1 saturated carbocycles. The maximum absolute atomic E-state index is 11.8. The van der Waals surface area contributed by atoms with Crippen molar-refractivity contribution in [1.29, 1.82) is 0 Å². The van der Waals surface area contributed by atoms with E-state index in [1.807, 2.05) is 18.2 Å². The topological polar surface area (TPSA) is 61.4 Å². The lowest BCUT2D eigenvalue weighted by Gasteiger charge is -2.18. The average molecular weight is 276 g/mol. The molecule has 0 radical (unpaired) electrons. The SMILES string of the molecule is CCC(CNC(=O)NCC1(CO)CC1)c1ccccc1. The van der Waals surface area contributed by atoms with E-state index in [-0.39, 0.29) is 18.1 Å². The van der Waals surface area contributed by atoms with Gasteiger partial charge in [-0.05, 0) is 24.8 Å². The van der Waals surface area contributed by atoms with E-state index in [0.29, 0.717) is 19.0 Å². The van der Waals surface area contributed by atoms with E-state index in [0.717, 1.165) is 19.3 Å². The van der Waals surface area contributed by atoms with Crippen molar-refractivity contribution in [1.82, 2.24) is 10.6 Å². The second-order valence-corrected chi connectivity index (χ2v) is 5.74. The molecule has 1 aliphatic carbocycles. The fourth-order valence-electron chi connectivity index (χ4n) is 2.34. The third-order valence-electron chi connectivity index (χ3n) is 4.19. The third kappa shape index (κ3) is 3.97. The summed E-state index contributed by atoms with van der Waals surface area (Å²) in [4.78, 5) is 11.8. The predicted molar refractivity (Wildman–Crippen MR) is 79.6 cm³/mol. The average Bonchev–Trinajstić information content (AvgIpc) is 3.27. The summed E-state index contributed by atoms with van der Waals surface area (Å²) in [6.07, 6.45) is 3.00. The third-order valence-corrected chi connectivity index (χ3v) is 4.19. The number of carbonyl (C=O) groups is 1. The summed E-state index contributed by atoms with van der Waals surface area (Å²) in [6, 6.07) is 10.1. The number of carbonyl (C=O) groups excluding carboxylic acids is 1. The number of aliphatic hydroxyl groups excluding tert-OH is 1. The summed E-state index contributed by atoms with van der Waals surface area (Å²) in [5.41, 5.74) is 1.21. The Hall–Kier alpha value is -1.55. The molecule has 0 aliphatic heterocycles. The van der Waals surface area contributed by atoms with E-state index >= 15 is 0 Å². The molecule has 0 spiro atoms. The number of hydrogen-bond donors (Lipinski definition) is 3. The predicted octanol–water partition coefficient (Wildman–Crippen LogP) is 2.25. The zero-order valence-electron chi connectivity index (χ0n) is 12.1. The molecule has 1 aromatic carbocycles. The lowest BCUT2D eigenvalue weighted by Crippen LogP contribution is -2.41. The van der Waals surface area contributed by atoms with Gasteiger partial charge in [-0.1, -0.05) is 37.3 Å². The fourth-order valence-corrected chi connectivity index (χ4v) is 2.34. The van der Waals surface area contributed by atoms with E-state index in [1.165, 1.54) is 5.56 Å². The molecule has 1 atom stereocenters. The minimum atomic E-state index is -0.140. The molecule has 20 heavy (non-hydrogen) atoms. The van der Waals surface area contributed by atoms with Gasteiger partial charge in [0.1, 0.15) is 0 Å². The van der Waals surface area contributed by atoms with Crippen LogP contribution in [0.5, 0.6) is 0 Å². The molecular weight excluding hydrogens is 252 g/mol. The Bertz CT molecular complexity index is 429. The Balaban J connectivity index is 1.74. The van der Waals surface area contributed by atoms with E-state index < -0.39 is 0 Å². The molecule has 0 aromatic heterocycles. The number of aliphatic hydroxyl groups is 1. The van der Waals surface area contributed by atoms with Crippen LogP contribution >= 0.6 is 0 Å². The van der Waals surface area contributed by atoms with Gasteiger partial charge in [0.15, 0.2) is 0 Å².